The van der Waals surface area contributed by atoms with Crippen LogP contribution in [0.15, 0.2) is 0 Å². The van der Waals surface area contributed by atoms with E-state index in [0.29, 0.717) is 0 Å². The second kappa shape index (κ2) is 12.0. The summed E-state index contributed by atoms with van der Waals surface area (Å²) >= 11 is 1.06. The summed E-state index contributed by atoms with van der Waals surface area (Å²) in [7, 11) is -4.83. The Morgan fingerprint density at radius 1 is 0.529 bits per heavy atom. The molecule has 0 amide bonds. The normalized spacial score (nSPS) is 10.8. The van der Waals surface area contributed by atoms with Crippen LogP contribution in [0, 0.1) is 0 Å². The molecule has 0 saturated carbocycles. The minimum atomic E-state index is -1.61. The van der Waals surface area contributed by atoms with E-state index >= 15 is 0 Å². The van der Waals surface area contributed by atoms with Crippen molar-refractivity contribution >= 4 is 25.0 Å². The van der Waals surface area contributed by atoms with Crippen molar-refractivity contribution in [3.05, 3.63) is 0 Å². The van der Waals surface area contributed by atoms with Crippen LogP contribution in [0.1, 0.15) is 0 Å². The van der Waals surface area contributed by atoms with Gasteiger partial charge in [-0.15, -0.1) is 0 Å². The Kier molecular flexibility index (Phi) is 18.6. The summed E-state index contributed by atoms with van der Waals surface area (Å²) in [5.41, 5.74) is 0. The maximum absolute atomic E-state index is 8.66. The molecule has 0 aromatic rings. The molecular weight excluding hydrogens is 307 g/mol. The van der Waals surface area contributed by atoms with Gasteiger partial charge in [0, 0.05) is 0 Å². The Morgan fingerprint density at radius 3 is 0.529 bits per heavy atom. The van der Waals surface area contributed by atoms with Crippen LogP contribution in [0.4, 0.5) is 0 Å². The topological polar surface area (TPSA) is 77.8 Å². The Balaban J connectivity index is -0.0000000693. The average molecular weight is 338 g/mol. The third-order valence-corrected chi connectivity index (χ3v) is 0. The van der Waals surface area contributed by atoms with E-state index in [9.17, 15) is 0 Å². The van der Waals surface area contributed by atoms with Crippen LogP contribution in [-0.4, -0.2) is 39.3 Å². The molecule has 0 rings (SSSR count). The Morgan fingerprint density at radius 2 is 0.529 bits per heavy atom. The molecule has 0 bridgehead atoms. The van der Waals surface area contributed by atoms with Crippen molar-refractivity contribution in [2.75, 3.05) is 0 Å². The molecule has 3 N–H and O–H groups in total. The van der Waals surface area contributed by atoms with Crippen molar-refractivity contribution in [3.8, 4) is 0 Å². The Hall–Kier alpha value is 0.915. The van der Waals surface area contributed by atoms with Gasteiger partial charge in [0.1, 0.15) is 0 Å². The van der Waals surface area contributed by atoms with Crippen LogP contribution in [0.3, 0.4) is 0 Å². The zero-order valence-corrected chi connectivity index (χ0v) is 17.1. The first kappa shape index (κ1) is 26.5. The molecule has 107 valence electrons. The molecule has 0 heterocycles. The molecule has 0 aromatic carbocycles. The third kappa shape index (κ3) is 4490. The second-order valence-electron chi connectivity index (χ2n) is 6.51. The minimum absolute atomic E-state index is 1.06. The molecule has 0 spiro atoms. The quantitative estimate of drug-likeness (QED) is 0.593. The summed E-state index contributed by atoms with van der Waals surface area (Å²) in [5.74, 6) is 0. The van der Waals surface area contributed by atoms with E-state index in [1.165, 1.54) is 0 Å². The molecule has 0 atom stereocenters. The fourth-order valence-electron chi connectivity index (χ4n) is 0. The molecule has 0 saturated heterocycles. The summed E-state index contributed by atoms with van der Waals surface area (Å²) in [6, 6.07) is 0. The van der Waals surface area contributed by atoms with Crippen LogP contribution in [-0.2, 0) is 21.0 Å². The van der Waals surface area contributed by atoms with Crippen molar-refractivity contribution in [3.63, 3.8) is 0 Å². The molecule has 0 aliphatic carbocycles. The van der Waals surface area contributed by atoms with Gasteiger partial charge in [0.2, 0.25) is 0 Å². The summed E-state index contributed by atoms with van der Waals surface area (Å²) in [5, 5.41) is 0. The third-order valence-electron chi connectivity index (χ3n) is 0. The molecule has 0 aromatic heterocycles. The van der Waals surface area contributed by atoms with E-state index in [-0.39, 0.29) is 0 Å². The zero-order chi connectivity index (χ0) is 15.5. The van der Waals surface area contributed by atoms with Gasteiger partial charge in [-0.1, -0.05) is 0 Å². The molecule has 8 heteroatoms. The van der Waals surface area contributed by atoms with Gasteiger partial charge in [-0.05, 0) is 58.9 Å². The summed E-state index contributed by atoms with van der Waals surface area (Å²) in [6.07, 6.45) is 0. The number of hydrogen-bond donors (Lipinski definition) is 3. The predicted molar refractivity (Wildman–Crippen MR) is 77.4 cm³/mol. The van der Waals surface area contributed by atoms with Gasteiger partial charge >= 0.3 is 21.0 Å². The SMILES string of the molecule is C[Si](C)(C)O.C[Si](C)(C)O.C[Si](C)(C)O.[O]=[V]. The van der Waals surface area contributed by atoms with Crippen molar-refractivity contribution in [2.45, 2.75) is 58.9 Å². The fraction of sp³-hybridized carbons (Fsp3) is 1.00. The molecular formula is C9H30O4Si3V. The Bertz CT molecular complexity index is 115. The van der Waals surface area contributed by atoms with E-state index in [2.05, 4.69) is 0 Å². The first-order valence-electron chi connectivity index (χ1n) is 5.35. The van der Waals surface area contributed by atoms with Crippen LogP contribution < -0.4 is 0 Å². The van der Waals surface area contributed by atoms with E-state index in [1.807, 2.05) is 58.9 Å². The number of hydrogen-bond acceptors (Lipinski definition) is 4. The molecule has 0 radical (unpaired) electrons. The fourth-order valence-corrected chi connectivity index (χ4v) is 0. The van der Waals surface area contributed by atoms with Crippen LogP contribution in [0.2, 0.25) is 58.9 Å². The maximum atomic E-state index is 8.66. The first-order chi connectivity index (χ1) is 7.00. The summed E-state index contributed by atoms with van der Waals surface area (Å²) in [4.78, 5) is 26.0. The van der Waals surface area contributed by atoms with Crippen LogP contribution in [0.5, 0.6) is 0 Å². The van der Waals surface area contributed by atoms with Gasteiger partial charge in [0.05, 0.1) is 0 Å². The monoisotopic (exact) mass is 337 g/mol. The van der Waals surface area contributed by atoms with Crippen molar-refractivity contribution < 1.29 is 35.4 Å². The summed E-state index contributed by atoms with van der Waals surface area (Å²) in [6.45, 7) is 16.9. The predicted octanol–water partition coefficient (Wildman–Crippen LogP) is 2.32. The number of rotatable bonds is 0. The molecule has 4 nitrogen and oxygen atoms in total. The zero-order valence-electron chi connectivity index (χ0n) is 12.7. The molecule has 0 aliphatic heterocycles. The molecule has 0 fully saturated rings. The van der Waals surface area contributed by atoms with E-state index in [1.54, 1.807) is 0 Å². The average Bonchev–Trinajstić information content (AvgIpc) is 1.77. The van der Waals surface area contributed by atoms with E-state index < -0.39 is 25.0 Å². The molecule has 0 unspecified atom stereocenters. The standard InChI is InChI=1S/3C3H10OSi.O.V/c3*1-5(2,3)4;;/h3*4H,1-3H3;;. The van der Waals surface area contributed by atoms with Crippen molar-refractivity contribution in [2.24, 2.45) is 0 Å². The van der Waals surface area contributed by atoms with Crippen molar-refractivity contribution in [1.82, 2.24) is 0 Å². The molecule has 17 heavy (non-hydrogen) atoms. The summed E-state index contributed by atoms with van der Waals surface area (Å²) < 4.78 is 8.19. The van der Waals surface area contributed by atoms with Gasteiger partial charge in [-0.2, -0.15) is 0 Å². The second-order valence-corrected chi connectivity index (χ2v) is 19.5. The van der Waals surface area contributed by atoms with Gasteiger partial charge in [-0.25, -0.2) is 0 Å². The van der Waals surface area contributed by atoms with E-state index in [4.69, 9.17) is 18.1 Å². The Labute approximate surface area is 119 Å². The molecule has 0 aliphatic rings. The first-order valence-corrected chi connectivity index (χ1v) is 16.3. The van der Waals surface area contributed by atoms with Gasteiger partial charge in [-0.3, -0.25) is 0 Å². The van der Waals surface area contributed by atoms with Gasteiger partial charge < -0.3 is 14.4 Å². The van der Waals surface area contributed by atoms with Gasteiger partial charge in [0.15, 0.2) is 25.0 Å². The van der Waals surface area contributed by atoms with Gasteiger partial charge in [0.25, 0.3) is 0 Å². The van der Waals surface area contributed by atoms with Crippen LogP contribution >= 0.6 is 0 Å². The van der Waals surface area contributed by atoms with E-state index in [0.717, 1.165) is 17.4 Å². The van der Waals surface area contributed by atoms with Crippen molar-refractivity contribution in [1.29, 1.82) is 0 Å². The van der Waals surface area contributed by atoms with Crippen LogP contribution in [0.25, 0.3) is 0 Å².